The highest BCUT2D eigenvalue weighted by atomic mass is 19.1. The zero-order valence-corrected chi connectivity index (χ0v) is 9.10. The Kier molecular flexibility index (Phi) is 2.14. The highest BCUT2D eigenvalue weighted by Gasteiger charge is 2.26. The van der Waals surface area contributed by atoms with E-state index < -0.39 is 0 Å². The molecule has 0 radical (unpaired) electrons. The largest absolute Gasteiger partial charge is 0.296 e. The predicted octanol–water partition coefficient (Wildman–Crippen LogP) is 1.64. The summed E-state index contributed by atoms with van der Waals surface area (Å²) in [6.45, 7) is 1.06. The predicted molar refractivity (Wildman–Crippen MR) is 57.6 cm³/mol. The molecule has 5 heteroatoms. The van der Waals surface area contributed by atoms with Crippen LogP contribution in [0.15, 0.2) is 18.3 Å². The average molecular weight is 220 g/mol. The number of hydrogen-bond donors (Lipinski definition) is 0. The van der Waals surface area contributed by atoms with Gasteiger partial charge in [0.2, 0.25) is 0 Å². The second-order valence-electron chi connectivity index (χ2n) is 4.27. The molecule has 1 aliphatic rings. The van der Waals surface area contributed by atoms with Crippen molar-refractivity contribution >= 4 is 5.65 Å². The van der Waals surface area contributed by atoms with Gasteiger partial charge >= 0.3 is 0 Å². The van der Waals surface area contributed by atoms with Crippen LogP contribution in [-0.4, -0.2) is 33.1 Å². The second kappa shape index (κ2) is 3.52. The van der Waals surface area contributed by atoms with E-state index in [9.17, 15) is 4.39 Å². The van der Waals surface area contributed by atoms with Gasteiger partial charge in [-0.05, 0) is 38.6 Å². The van der Waals surface area contributed by atoms with E-state index in [0.29, 0.717) is 5.65 Å². The lowest BCUT2D eigenvalue weighted by Gasteiger charge is -2.17. The maximum Gasteiger partial charge on any atom is 0.160 e. The van der Waals surface area contributed by atoms with E-state index in [-0.39, 0.29) is 11.9 Å². The van der Waals surface area contributed by atoms with Gasteiger partial charge in [0.1, 0.15) is 5.82 Å². The van der Waals surface area contributed by atoms with Crippen LogP contribution in [0.4, 0.5) is 4.39 Å². The highest BCUT2D eigenvalue weighted by Crippen LogP contribution is 2.29. The van der Waals surface area contributed by atoms with Crippen molar-refractivity contribution in [1.29, 1.82) is 0 Å². The van der Waals surface area contributed by atoms with E-state index >= 15 is 0 Å². The van der Waals surface area contributed by atoms with Crippen molar-refractivity contribution in [3.05, 3.63) is 30.0 Å². The van der Waals surface area contributed by atoms with Gasteiger partial charge in [-0.15, -0.1) is 10.2 Å². The van der Waals surface area contributed by atoms with Crippen LogP contribution in [0.3, 0.4) is 0 Å². The standard InChI is InChI=1S/C11H13FN4/c1-15-6-2-3-9(15)11-14-13-10-5-4-8(12)7-16(10)11/h4-5,7,9H,2-3,6H2,1H3/t9-/m1/s1. The summed E-state index contributed by atoms with van der Waals surface area (Å²) >= 11 is 0. The monoisotopic (exact) mass is 220 g/mol. The van der Waals surface area contributed by atoms with E-state index in [2.05, 4.69) is 22.1 Å². The van der Waals surface area contributed by atoms with Gasteiger partial charge in [0, 0.05) is 6.20 Å². The normalized spacial score (nSPS) is 22.0. The molecular weight excluding hydrogens is 207 g/mol. The van der Waals surface area contributed by atoms with Crippen molar-refractivity contribution in [2.75, 3.05) is 13.6 Å². The van der Waals surface area contributed by atoms with E-state index in [1.54, 1.807) is 10.5 Å². The van der Waals surface area contributed by atoms with Crippen LogP contribution in [0.5, 0.6) is 0 Å². The molecule has 16 heavy (non-hydrogen) atoms. The van der Waals surface area contributed by atoms with Gasteiger partial charge in [0.25, 0.3) is 0 Å². The lowest BCUT2D eigenvalue weighted by atomic mass is 10.2. The molecule has 84 valence electrons. The van der Waals surface area contributed by atoms with E-state index in [1.165, 1.54) is 12.3 Å². The summed E-state index contributed by atoms with van der Waals surface area (Å²) in [6.07, 6.45) is 3.68. The summed E-state index contributed by atoms with van der Waals surface area (Å²) in [7, 11) is 2.07. The number of aromatic nitrogens is 3. The molecule has 1 atom stereocenters. The van der Waals surface area contributed by atoms with Gasteiger partial charge in [0.05, 0.1) is 6.04 Å². The molecule has 0 unspecified atom stereocenters. The van der Waals surface area contributed by atoms with E-state index in [0.717, 1.165) is 25.2 Å². The first-order valence-electron chi connectivity index (χ1n) is 5.46. The number of hydrogen-bond acceptors (Lipinski definition) is 3. The van der Waals surface area contributed by atoms with Crippen molar-refractivity contribution in [2.45, 2.75) is 18.9 Å². The number of fused-ring (bicyclic) bond motifs is 1. The summed E-state index contributed by atoms with van der Waals surface area (Å²) in [6, 6.07) is 3.32. The summed E-state index contributed by atoms with van der Waals surface area (Å²) in [4.78, 5) is 2.24. The molecule has 0 amide bonds. The Hall–Kier alpha value is -1.49. The van der Waals surface area contributed by atoms with Gasteiger partial charge in [-0.1, -0.05) is 0 Å². The molecule has 1 fully saturated rings. The van der Waals surface area contributed by atoms with Gasteiger partial charge in [-0.25, -0.2) is 4.39 Å². The van der Waals surface area contributed by atoms with Crippen LogP contribution in [0.1, 0.15) is 24.7 Å². The van der Waals surface area contributed by atoms with Crippen molar-refractivity contribution in [2.24, 2.45) is 0 Å². The van der Waals surface area contributed by atoms with E-state index in [1.807, 2.05) is 0 Å². The Morgan fingerprint density at radius 2 is 2.25 bits per heavy atom. The maximum absolute atomic E-state index is 13.2. The number of rotatable bonds is 1. The Balaban J connectivity index is 2.12. The van der Waals surface area contributed by atoms with Gasteiger partial charge in [-0.3, -0.25) is 9.30 Å². The quantitative estimate of drug-likeness (QED) is 0.732. The number of nitrogens with zero attached hydrogens (tertiary/aromatic N) is 4. The van der Waals surface area contributed by atoms with Crippen molar-refractivity contribution in [3.63, 3.8) is 0 Å². The molecule has 1 saturated heterocycles. The lowest BCUT2D eigenvalue weighted by Crippen LogP contribution is -2.19. The topological polar surface area (TPSA) is 33.4 Å². The Labute approximate surface area is 92.7 Å². The molecule has 3 rings (SSSR count). The Bertz CT molecular complexity index is 522. The van der Waals surface area contributed by atoms with Crippen LogP contribution in [0.2, 0.25) is 0 Å². The first kappa shape index (κ1) is 9.72. The molecule has 1 aliphatic heterocycles. The van der Waals surface area contributed by atoms with Crippen LogP contribution in [-0.2, 0) is 0 Å². The highest BCUT2D eigenvalue weighted by molar-refractivity contribution is 5.38. The third-order valence-corrected chi connectivity index (χ3v) is 3.21. The summed E-state index contributed by atoms with van der Waals surface area (Å²) < 4.78 is 14.9. The second-order valence-corrected chi connectivity index (χ2v) is 4.27. The molecule has 3 heterocycles. The molecule has 0 saturated carbocycles. The molecule has 2 aromatic rings. The van der Waals surface area contributed by atoms with Crippen molar-refractivity contribution in [3.8, 4) is 0 Å². The molecular formula is C11H13FN4. The fourth-order valence-corrected chi connectivity index (χ4v) is 2.35. The van der Waals surface area contributed by atoms with Gasteiger partial charge in [-0.2, -0.15) is 0 Å². The lowest BCUT2D eigenvalue weighted by molar-refractivity contribution is 0.304. The van der Waals surface area contributed by atoms with Gasteiger partial charge < -0.3 is 0 Å². The minimum Gasteiger partial charge on any atom is -0.296 e. The molecule has 4 nitrogen and oxygen atoms in total. The number of pyridine rings is 1. The third kappa shape index (κ3) is 1.39. The van der Waals surface area contributed by atoms with Crippen LogP contribution >= 0.6 is 0 Å². The molecule has 0 aromatic carbocycles. The molecule has 0 spiro atoms. The third-order valence-electron chi connectivity index (χ3n) is 3.21. The number of halogens is 1. The molecule has 0 aliphatic carbocycles. The van der Waals surface area contributed by atoms with Gasteiger partial charge in [0.15, 0.2) is 11.5 Å². The van der Waals surface area contributed by atoms with Crippen LogP contribution in [0, 0.1) is 5.82 Å². The molecule has 2 aromatic heterocycles. The average Bonchev–Trinajstić information content (AvgIpc) is 2.83. The smallest absolute Gasteiger partial charge is 0.160 e. The van der Waals surface area contributed by atoms with Crippen molar-refractivity contribution in [1.82, 2.24) is 19.5 Å². The summed E-state index contributed by atoms with van der Waals surface area (Å²) in [5.41, 5.74) is 0.705. The Morgan fingerprint density at radius 1 is 1.38 bits per heavy atom. The molecule has 0 N–H and O–H groups in total. The Morgan fingerprint density at radius 3 is 3.00 bits per heavy atom. The first-order chi connectivity index (χ1) is 7.75. The first-order valence-corrected chi connectivity index (χ1v) is 5.46. The summed E-state index contributed by atoms with van der Waals surface area (Å²) in [5, 5.41) is 8.23. The minimum atomic E-state index is -0.255. The fourth-order valence-electron chi connectivity index (χ4n) is 2.35. The maximum atomic E-state index is 13.2. The van der Waals surface area contributed by atoms with Crippen LogP contribution in [0.25, 0.3) is 5.65 Å². The number of likely N-dealkylation sites (tertiary alicyclic amines) is 1. The summed E-state index contributed by atoms with van der Waals surface area (Å²) in [5.74, 6) is 0.587. The van der Waals surface area contributed by atoms with Crippen molar-refractivity contribution < 1.29 is 4.39 Å². The zero-order valence-electron chi connectivity index (χ0n) is 9.10. The van der Waals surface area contributed by atoms with E-state index in [4.69, 9.17) is 0 Å². The minimum absolute atomic E-state index is 0.255. The van der Waals surface area contributed by atoms with Crippen LogP contribution < -0.4 is 0 Å². The fraction of sp³-hybridized carbons (Fsp3) is 0.455. The zero-order chi connectivity index (χ0) is 11.1. The molecule has 0 bridgehead atoms. The SMILES string of the molecule is CN1CCC[C@@H]1c1nnc2ccc(F)cn12.